The summed E-state index contributed by atoms with van der Waals surface area (Å²) < 4.78 is 1.84. The molecular formula is C14H27N5O. The first-order chi connectivity index (χ1) is 9.61. The third-order valence-electron chi connectivity index (χ3n) is 3.04. The lowest BCUT2D eigenvalue weighted by atomic mass is 10.1. The van der Waals surface area contributed by atoms with Crippen LogP contribution in [0.25, 0.3) is 0 Å². The maximum absolute atomic E-state index is 11.7. The lowest BCUT2D eigenvalue weighted by Crippen LogP contribution is -2.19. The summed E-state index contributed by atoms with van der Waals surface area (Å²) >= 11 is 0. The van der Waals surface area contributed by atoms with Crippen LogP contribution in [0.3, 0.4) is 0 Å². The van der Waals surface area contributed by atoms with Gasteiger partial charge in [-0.05, 0) is 33.5 Å². The van der Waals surface area contributed by atoms with Crippen molar-refractivity contribution in [2.75, 3.05) is 32.5 Å². The van der Waals surface area contributed by atoms with Crippen molar-refractivity contribution in [1.82, 2.24) is 14.7 Å². The van der Waals surface area contributed by atoms with Gasteiger partial charge in [-0.2, -0.15) is 5.10 Å². The Morgan fingerprint density at radius 3 is 2.80 bits per heavy atom. The van der Waals surface area contributed by atoms with Crippen molar-refractivity contribution < 1.29 is 4.79 Å². The standard InChI is InChI=1S/C14H27N5O/c1-18(2)11-12-19-10-8-13(17-19)16-14(20)7-5-3-4-6-9-15/h8,10H,3-7,9,11-12,15H2,1-2H3,(H,16,17,20). The molecule has 0 aliphatic rings. The molecule has 0 radical (unpaired) electrons. The van der Waals surface area contributed by atoms with Crippen molar-refractivity contribution in [2.24, 2.45) is 5.73 Å². The zero-order valence-electron chi connectivity index (χ0n) is 12.6. The van der Waals surface area contributed by atoms with Crippen LogP contribution in [0.15, 0.2) is 12.3 Å². The number of amides is 1. The average Bonchev–Trinajstić information content (AvgIpc) is 2.83. The van der Waals surface area contributed by atoms with Gasteiger partial charge in [0.15, 0.2) is 5.82 Å². The first kappa shape index (κ1) is 16.7. The number of aromatic nitrogens is 2. The van der Waals surface area contributed by atoms with Crippen molar-refractivity contribution in [3.8, 4) is 0 Å². The number of likely N-dealkylation sites (N-methyl/N-ethyl adjacent to an activating group) is 1. The van der Waals surface area contributed by atoms with Gasteiger partial charge in [-0.1, -0.05) is 12.8 Å². The van der Waals surface area contributed by atoms with E-state index < -0.39 is 0 Å². The van der Waals surface area contributed by atoms with Crippen molar-refractivity contribution in [3.05, 3.63) is 12.3 Å². The van der Waals surface area contributed by atoms with Crippen molar-refractivity contribution >= 4 is 11.7 Å². The Labute approximate surface area is 121 Å². The monoisotopic (exact) mass is 281 g/mol. The molecule has 1 rings (SSSR count). The van der Waals surface area contributed by atoms with Gasteiger partial charge in [0.25, 0.3) is 0 Å². The molecule has 1 aromatic rings. The van der Waals surface area contributed by atoms with Gasteiger partial charge in [-0.15, -0.1) is 0 Å². The summed E-state index contributed by atoms with van der Waals surface area (Å²) in [5.74, 6) is 0.673. The van der Waals surface area contributed by atoms with Gasteiger partial charge in [0.05, 0.1) is 6.54 Å². The summed E-state index contributed by atoms with van der Waals surface area (Å²) in [7, 11) is 4.05. The molecule has 0 fully saturated rings. The number of nitrogens with one attached hydrogen (secondary N) is 1. The van der Waals surface area contributed by atoms with E-state index in [0.29, 0.717) is 12.2 Å². The van der Waals surface area contributed by atoms with Gasteiger partial charge in [0, 0.05) is 25.2 Å². The van der Waals surface area contributed by atoms with E-state index in [1.54, 1.807) is 0 Å². The van der Waals surface area contributed by atoms with Crippen LogP contribution in [0.1, 0.15) is 32.1 Å². The number of carbonyl (C=O) groups excluding carboxylic acids is 1. The Kier molecular flexibility index (Phi) is 7.91. The van der Waals surface area contributed by atoms with E-state index in [-0.39, 0.29) is 5.91 Å². The Hall–Kier alpha value is -1.40. The molecule has 0 unspecified atom stereocenters. The van der Waals surface area contributed by atoms with Crippen molar-refractivity contribution in [3.63, 3.8) is 0 Å². The summed E-state index contributed by atoms with van der Waals surface area (Å²) in [6, 6.07) is 1.84. The van der Waals surface area contributed by atoms with E-state index in [9.17, 15) is 4.79 Å². The van der Waals surface area contributed by atoms with Crippen LogP contribution in [0.4, 0.5) is 5.82 Å². The highest BCUT2D eigenvalue weighted by atomic mass is 16.1. The van der Waals surface area contributed by atoms with E-state index in [2.05, 4.69) is 15.3 Å². The van der Waals surface area contributed by atoms with Gasteiger partial charge in [-0.25, -0.2) is 0 Å². The van der Waals surface area contributed by atoms with E-state index >= 15 is 0 Å². The number of hydrogen-bond acceptors (Lipinski definition) is 4. The molecular weight excluding hydrogens is 254 g/mol. The van der Waals surface area contributed by atoms with Gasteiger partial charge in [0.1, 0.15) is 0 Å². The molecule has 1 amide bonds. The van der Waals surface area contributed by atoms with Gasteiger partial charge in [-0.3, -0.25) is 9.48 Å². The molecule has 0 bridgehead atoms. The smallest absolute Gasteiger partial charge is 0.225 e. The van der Waals surface area contributed by atoms with Crippen LogP contribution in [-0.2, 0) is 11.3 Å². The Bertz CT molecular complexity index is 389. The lowest BCUT2D eigenvalue weighted by molar-refractivity contribution is -0.116. The quantitative estimate of drug-likeness (QED) is 0.634. The SMILES string of the molecule is CN(C)CCn1ccc(NC(=O)CCCCCCN)n1. The number of rotatable bonds is 10. The number of unbranched alkanes of at least 4 members (excludes halogenated alkanes) is 3. The lowest BCUT2D eigenvalue weighted by Gasteiger charge is -2.08. The molecule has 6 heteroatoms. The first-order valence-corrected chi connectivity index (χ1v) is 7.30. The molecule has 1 aromatic heterocycles. The fourth-order valence-electron chi connectivity index (χ4n) is 1.84. The van der Waals surface area contributed by atoms with Crippen LogP contribution in [0, 0.1) is 0 Å². The zero-order chi connectivity index (χ0) is 14.8. The summed E-state index contributed by atoms with van der Waals surface area (Å²) in [5.41, 5.74) is 5.43. The minimum absolute atomic E-state index is 0.0376. The number of carbonyl (C=O) groups is 1. The Morgan fingerprint density at radius 2 is 2.10 bits per heavy atom. The Morgan fingerprint density at radius 1 is 1.35 bits per heavy atom. The molecule has 0 aromatic carbocycles. The van der Waals surface area contributed by atoms with Crippen LogP contribution < -0.4 is 11.1 Å². The summed E-state index contributed by atoms with van der Waals surface area (Å²) in [5, 5.41) is 7.15. The highest BCUT2D eigenvalue weighted by molar-refractivity contribution is 5.89. The third kappa shape index (κ3) is 7.25. The highest BCUT2D eigenvalue weighted by Crippen LogP contribution is 2.06. The van der Waals surface area contributed by atoms with E-state index in [0.717, 1.165) is 45.3 Å². The van der Waals surface area contributed by atoms with Crippen LogP contribution in [0.5, 0.6) is 0 Å². The van der Waals surface area contributed by atoms with Crippen LogP contribution in [0.2, 0.25) is 0 Å². The first-order valence-electron chi connectivity index (χ1n) is 7.30. The zero-order valence-corrected chi connectivity index (χ0v) is 12.6. The minimum Gasteiger partial charge on any atom is -0.330 e. The predicted octanol–water partition coefficient (Wildman–Crippen LogP) is 1.29. The second kappa shape index (κ2) is 9.50. The fourth-order valence-corrected chi connectivity index (χ4v) is 1.84. The maximum Gasteiger partial charge on any atom is 0.225 e. The second-order valence-corrected chi connectivity index (χ2v) is 5.27. The molecule has 0 aliphatic carbocycles. The summed E-state index contributed by atoms with van der Waals surface area (Å²) in [6.45, 7) is 2.48. The molecule has 0 saturated heterocycles. The van der Waals surface area contributed by atoms with E-state index in [4.69, 9.17) is 5.73 Å². The molecule has 114 valence electrons. The number of hydrogen-bond donors (Lipinski definition) is 2. The second-order valence-electron chi connectivity index (χ2n) is 5.27. The molecule has 20 heavy (non-hydrogen) atoms. The van der Waals surface area contributed by atoms with Crippen LogP contribution in [-0.4, -0.2) is 47.8 Å². The normalized spacial score (nSPS) is 11.0. The van der Waals surface area contributed by atoms with Gasteiger partial charge in [0.2, 0.25) is 5.91 Å². The van der Waals surface area contributed by atoms with Crippen LogP contribution >= 0.6 is 0 Å². The highest BCUT2D eigenvalue weighted by Gasteiger charge is 2.05. The van der Waals surface area contributed by atoms with Gasteiger partial charge < -0.3 is 16.0 Å². The minimum atomic E-state index is 0.0376. The molecule has 0 atom stereocenters. The largest absolute Gasteiger partial charge is 0.330 e. The predicted molar refractivity (Wildman–Crippen MR) is 81.6 cm³/mol. The molecule has 6 nitrogen and oxygen atoms in total. The fraction of sp³-hybridized carbons (Fsp3) is 0.714. The third-order valence-corrected chi connectivity index (χ3v) is 3.04. The molecule has 0 spiro atoms. The Balaban J connectivity index is 2.21. The molecule has 0 aliphatic heterocycles. The number of nitrogens with zero attached hydrogens (tertiary/aromatic N) is 3. The molecule has 3 N–H and O–H groups in total. The van der Waals surface area contributed by atoms with Crippen molar-refractivity contribution in [1.29, 1.82) is 0 Å². The number of anilines is 1. The van der Waals surface area contributed by atoms with Crippen molar-refractivity contribution in [2.45, 2.75) is 38.6 Å². The topological polar surface area (TPSA) is 76.2 Å². The molecule has 1 heterocycles. The van der Waals surface area contributed by atoms with E-state index in [1.165, 1.54) is 0 Å². The molecule has 0 saturated carbocycles. The average molecular weight is 281 g/mol. The summed E-state index contributed by atoms with van der Waals surface area (Å²) in [6.07, 6.45) is 6.55. The summed E-state index contributed by atoms with van der Waals surface area (Å²) in [4.78, 5) is 13.8. The van der Waals surface area contributed by atoms with E-state index in [1.807, 2.05) is 31.0 Å². The van der Waals surface area contributed by atoms with Gasteiger partial charge >= 0.3 is 0 Å². The maximum atomic E-state index is 11.7. The number of nitrogens with two attached hydrogens (primary N) is 1.